The summed E-state index contributed by atoms with van der Waals surface area (Å²) in [5.41, 5.74) is 0. The van der Waals surface area contributed by atoms with Gasteiger partial charge in [0.05, 0.1) is 12.5 Å². The first-order valence-corrected chi connectivity index (χ1v) is 11.5. The van der Waals surface area contributed by atoms with Crippen molar-refractivity contribution in [3.8, 4) is 0 Å². The van der Waals surface area contributed by atoms with Gasteiger partial charge in [0.2, 0.25) is 11.8 Å². The second kappa shape index (κ2) is 9.86. The number of hydrogen-bond donors (Lipinski definition) is 0. The topological polar surface area (TPSA) is 68.5 Å². The normalized spacial score (nSPS) is 24.7. The number of ether oxygens (including phenoxy) is 1. The Morgan fingerprint density at radius 3 is 2.64 bits per heavy atom. The quantitative estimate of drug-likeness (QED) is 0.657. The van der Waals surface area contributed by atoms with E-state index in [1.54, 1.807) is 0 Å². The minimum atomic E-state index is 0.182. The third-order valence-corrected chi connectivity index (χ3v) is 6.82. The summed E-state index contributed by atoms with van der Waals surface area (Å²) in [7, 11) is 0. The highest BCUT2D eigenvalue weighted by atomic mass is 16.5. The minimum Gasteiger partial charge on any atom is -0.381 e. The number of nitrogens with zero attached hydrogens (tertiary/aromatic N) is 3. The van der Waals surface area contributed by atoms with Gasteiger partial charge in [0.15, 0.2) is 5.82 Å². The van der Waals surface area contributed by atoms with E-state index in [1.807, 2.05) is 0 Å². The molecule has 2 heterocycles. The second-order valence-corrected chi connectivity index (χ2v) is 8.98. The van der Waals surface area contributed by atoms with Gasteiger partial charge in [-0.1, -0.05) is 37.3 Å². The summed E-state index contributed by atoms with van der Waals surface area (Å²) in [4.78, 5) is 19.5. The molecule has 0 aromatic carbocycles. The van der Waals surface area contributed by atoms with Crippen molar-refractivity contribution in [1.82, 2.24) is 15.0 Å². The van der Waals surface area contributed by atoms with Gasteiger partial charge in [0.1, 0.15) is 0 Å². The van der Waals surface area contributed by atoms with Crippen LogP contribution in [0.1, 0.15) is 88.3 Å². The predicted octanol–water partition coefficient (Wildman–Crippen LogP) is 4.11. The van der Waals surface area contributed by atoms with Crippen LogP contribution in [0.3, 0.4) is 0 Å². The summed E-state index contributed by atoms with van der Waals surface area (Å²) < 4.78 is 11.4. The van der Waals surface area contributed by atoms with Gasteiger partial charge in [-0.25, -0.2) is 0 Å². The highest BCUT2D eigenvalue weighted by Gasteiger charge is 2.32. The lowest BCUT2D eigenvalue weighted by Gasteiger charge is -2.34. The Labute approximate surface area is 168 Å². The maximum Gasteiger partial charge on any atom is 0.231 e. The first kappa shape index (κ1) is 19.9. The van der Waals surface area contributed by atoms with Crippen LogP contribution in [0.2, 0.25) is 0 Å². The molecule has 0 spiro atoms. The van der Waals surface area contributed by atoms with Gasteiger partial charge in [-0.3, -0.25) is 4.79 Å². The molecule has 4 rings (SSSR count). The number of hydrogen-bond acceptors (Lipinski definition) is 5. The van der Waals surface area contributed by atoms with E-state index < -0.39 is 0 Å². The van der Waals surface area contributed by atoms with Gasteiger partial charge < -0.3 is 14.2 Å². The van der Waals surface area contributed by atoms with Crippen LogP contribution in [0, 0.1) is 11.8 Å². The number of piperidine rings is 1. The van der Waals surface area contributed by atoms with E-state index in [9.17, 15) is 4.79 Å². The smallest absolute Gasteiger partial charge is 0.231 e. The van der Waals surface area contributed by atoms with Crippen molar-refractivity contribution in [2.24, 2.45) is 11.8 Å². The maximum atomic E-state index is 12.9. The Morgan fingerprint density at radius 2 is 1.82 bits per heavy atom. The van der Waals surface area contributed by atoms with E-state index in [4.69, 9.17) is 9.26 Å². The molecule has 2 aliphatic carbocycles. The fourth-order valence-electron chi connectivity index (χ4n) is 5.11. The van der Waals surface area contributed by atoms with Gasteiger partial charge in [0.25, 0.3) is 0 Å². The van der Waals surface area contributed by atoms with Crippen molar-refractivity contribution < 1.29 is 14.1 Å². The molecule has 1 aromatic rings. The van der Waals surface area contributed by atoms with Crippen molar-refractivity contribution in [2.75, 3.05) is 26.3 Å². The molecule has 3 aliphatic rings. The highest BCUT2D eigenvalue weighted by molar-refractivity contribution is 5.79. The first-order chi connectivity index (χ1) is 13.8. The summed E-state index contributed by atoms with van der Waals surface area (Å²) >= 11 is 0. The fraction of sp³-hybridized carbons (Fsp3) is 0.864. The second-order valence-electron chi connectivity index (χ2n) is 8.98. The van der Waals surface area contributed by atoms with Crippen LogP contribution in [-0.4, -0.2) is 47.3 Å². The Bertz CT molecular complexity index is 620. The molecule has 0 radical (unpaired) electrons. The van der Waals surface area contributed by atoms with Gasteiger partial charge in [-0.15, -0.1) is 0 Å². The molecule has 0 N–H and O–H groups in total. The Morgan fingerprint density at radius 1 is 1.04 bits per heavy atom. The standard InChI is InChI=1S/C22H35N3O3/c26-22(18-9-2-1-3-10-18)25-13-6-11-19(15-25)21-23-20(24-28-21)12-14-27-16-17-7-4-5-8-17/h17-19H,1-16H2. The largest absolute Gasteiger partial charge is 0.381 e. The Kier molecular flexibility index (Phi) is 7.00. The Balaban J connectivity index is 1.24. The van der Waals surface area contributed by atoms with Gasteiger partial charge in [0, 0.05) is 32.0 Å². The zero-order chi connectivity index (χ0) is 19.2. The molecule has 1 atom stereocenters. The number of rotatable bonds is 7. The Hall–Kier alpha value is -1.43. The summed E-state index contributed by atoms with van der Waals surface area (Å²) in [6, 6.07) is 0. The molecule has 3 fully saturated rings. The lowest BCUT2D eigenvalue weighted by Crippen LogP contribution is -2.42. The molecule has 156 valence electrons. The van der Waals surface area contributed by atoms with Crippen molar-refractivity contribution in [3.63, 3.8) is 0 Å². The summed E-state index contributed by atoms with van der Waals surface area (Å²) in [6.07, 6.45) is 13.9. The van der Waals surface area contributed by atoms with Crippen molar-refractivity contribution >= 4 is 5.91 Å². The molecule has 1 amide bonds. The molecule has 0 bridgehead atoms. The van der Waals surface area contributed by atoms with Crippen molar-refractivity contribution in [2.45, 2.75) is 83.0 Å². The molecule has 2 saturated carbocycles. The number of carbonyl (C=O) groups excluding carboxylic acids is 1. The average molecular weight is 390 g/mol. The predicted molar refractivity (Wildman–Crippen MR) is 106 cm³/mol. The zero-order valence-electron chi connectivity index (χ0n) is 17.1. The lowest BCUT2D eigenvalue weighted by molar-refractivity contribution is -0.137. The summed E-state index contributed by atoms with van der Waals surface area (Å²) in [5.74, 6) is 2.95. The van der Waals surface area contributed by atoms with Crippen LogP contribution in [0.4, 0.5) is 0 Å². The van der Waals surface area contributed by atoms with E-state index in [0.717, 1.165) is 57.1 Å². The summed E-state index contributed by atoms with van der Waals surface area (Å²) in [5, 5.41) is 4.15. The number of likely N-dealkylation sites (tertiary alicyclic amines) is 1. The molecule has 1 unspecified atom stereocenters. The molecule has 6 nitrogen and oxygen atoms in total. The van der Waals surface area contributed by atoms with Crippen molar-refractivity contribution in [1.29, 1.82) is 0 Å². The molecule has 1 aromatic heterocycles. The van der Waals surface area contributed by atoms with Crippen LogP contribution in [-0.2, 0) is 16.0 Å². The monoisotopic (exact) mass is 389 g/mol. The van der Waals surface area contributed by atoms with Crippen LogP contribution in [0.25, 0.3) is 0 Å². The molecular formula is C22H35N3O3. The molecular weight excluding hydrogens is 354 g/mol. The molecule has 1 aliphatic heterocycles. The third-order valence-electron chi connectivity index (χ3n) is 6.82. The van der Waals surface area contributed by atoms with Gasteiger partial charge >= 0.3 is 0 Å². The molecule has 28 heavy (non-hydrogen) atoms. The van der Waals surface area contributed by atoms with Gasteiger partial charge in [-0.2, -0.15) is 4.98 Å². The van der Waals surface area contributed by atoms with E-state index in [1.165, 1.54) is 44.9 Å². The summed E-state index contributed by atoms with van der Waals surface area (Å²) in [6.45, 7) is 3.13. The number of amides is 1. The minimum absolute atomic E-state index is 0.182. The number of carbonyl (C=O) groups is 1. The van der Waals surface area contributed by atoms with Crippen LogP contribution < -0.4 is 0 Å². The fourth-order valence-corrected chi connectivity index (χ4v) is 5.11. The van der Waals surface area contributed by atoms with Crippen molar-refractivity contribution in [3.05, 3.63) is 11.7 Å². The SMILES string of the molecule is O=C(C1CCCCC1)N1CCCC(c2nc(CCOCC3CCCC3)no2)C1. The highest BCUT2D eigenvalue weighted by Crippen LogP contribution is 2.30. The third kappa shape index (κ3) is 5.13. The van der Waals surface area contributed by atoms with Crippen LogP contribution in [0.5, 0.6) is 0 Å². The molecule has 1 saturated heterocycles. The van der Waals surface area contributed by atoms with Gasteiger partial charge in [-0.05, 0) is 44.4 Å². The van der Waals surface area contributed by atoms with E-state index in [2.05, 4.69) is 15.0 Å². The zero-order valence-corrected chi connectivity index (χ0v) is 17.1. The van der Waals surface area contributed by atoms with E-state index in [0.29, 0.717) is 24.8 Å². The van der Waals surface area contributed by atoms with E-state index in [-0.39, 0.29) is 11.8 Å². The molecule has 6 heteroatoms. The van der Waals surface area contributed by atoms with E-state index >= 15 is 0 Å². The lowest BCUT2D eigenvalue weighted by atomic mass is 9.87. The average Bonchev–Trinajstić information content (AvgIpc) is 3.44. The van der Waals surface area contributed by atoms with Crippen LogP contribution in [0.15, 0.2) is 4.52 Å². The number of aromatic nitrogens is 2. The first-order valence-electron chi connectivity index (χ1n) is 11.5. The van der Waals surface area contributed by atoms with Crippen LogP contribution >= 0.6 is 0 Å². The maximum absolute atomic E-state index is 12.9.